The number of methoxy groups -OCH3 is 1. The zero-order valence-corrected chi connectivity index (χ0v) is 31.2. The fraction of sp³-hybridized carbons (Fsp3) is 0.306. The van der Waals surface area contributed by atoms with Crippen LogP contribution in [0.2, 0.25) is 5.02 Å². The fourth-order valence-electron chi connectivity index (χ4n) is 6.33. The average Bonchev–Trinajstić information content (AvgIpc) is 3.75. The Morgan fingerprint density at radius 2 is 1.84 bits per heavy atom. The smallest absolute Gasteiger partial charge is 0.354 e. The number of aromatic amines is 1. The first-order valence-corrected chi connectivity index (χ1v) is 19.2. The van der Waals surface area contributed by atoms with Crippen LogP contribution < -0.4 is 0 Å². The molecule has 3 heterocycles. The number of rotatable bonds is 14. The summed E-state index contributed by atoms with van der Waals surface area (Å²) in [6.45, 7) is 2.33. The van der Waals surface area contributed by atoms with Crippen LogP contribution in [0.3, 0.4) is 0 Å². The first-order chi connectivity index (χ1) is 24.4. The van der Waals surface area contributed by atoms with Crippen LogP contribution in [0.5, 0.6) is 5.75 Å². The van der Waals surface area contributed by atoms with Crippen molar-refractivity contribution in [3.63, 3.8) is 0 Å². The number of benzene rings is 3. The van der Waals surface area contributed by atoms with Crippen molar-refractivity contribution in [1.29, 1.82) is 0 Å². The molecule has 0 amide bonds. The largest absolute Gasteiger partial charge is 0.507 e. The van der Waals surface area contributed by atoms with Gasteiger partial charge in [-0.1, -0.05) is 41.9 Å². The molecule has 0 radical (unpaired) electrons. The van der Waals surface area contributed by atoms with E-state index in [4.69, 9.17) is 30.4 Å². The number of halogens is 1. The van der Waals surface area contributed by atoms with Gasteiger partial charge in [-0.05, 0) is 55.0 Å². The van der Waals surface area contributed by atoms with Crippen LogP contribution in [0, 0.1) is 6.92 Å². The van der Waals surface area contributed by atoms with Crippen LogP contribution >= 0.6 is 23.4 Å². The van der Waals surface area contributed by atoms with Crippen LogP contribution in [-0.2, 0) is 63.3 Å². The molecule has 0 aliphatic rings. The summed E-state index contributed by atoms with van der Waals surface area (Å²) in [5, 5.41) is 25.8. The molecule has 3 aromatic carbocycles. The minimum absolute atomic E-state index is 0.0230. The van der Waals surface area contributed by atoms with Crippen molar-refractivity contribution >= 4 is 61.1 Å². The molecule has 51 heavy (non-hydrogen) atoms. The van der Waals surface area contributed by atoms with Crippen LogP contribution in [-0.4, -0.2) is 64.0 Å². The van der Waals surface area contributed by atoms with Crippen molar-refractivity contribution in [3.8, 4) is 16.9 Å². The van der Waals surface area contributed by atoms with Crippen LogP contribution in [0.15, 0.2) is 59.5 Å². The molecule has 15 heteroatoms. The third-order valence-electron chi connectivity index (χ3n) is 8.69. The normalized spacial score (nSPS) is 12.0. The summed E-state index contributed by atoms with van der Waals surface area (Å²) in [6, 6.07) is 17.2. The highest BCUT2D eigenvalue weighted by molar-refractivity contribution is 7.98. The van der Waals surface area contributed by atoms with Gasteiger partial charge >= 0.3 is 5.97 Å². The molecule has 0 saturated carbocycles. The van der Waals surface area contributed by atoms with E-state index in [-0.39, 0.29) is 25.6 Å². The van der Waals surface area contributed by atoms with E-state index in [0.29, 0.717) is 51.6 Å². The number of phenols is 1. The van der Waals surface area contributed by atoms with Gasteiger partial charge in [0.1, 0.15) is 11.4 Å². The highest BCUT2D eigenvalue weighted by Crippen LogP contribution is 2.42. The van der Waals surface area contributed by atoms with Gasteiger partial charge in [0.15, 0.2) is 0 Å². The lowest BCUT2D eigenvalue weighted by atomic mass is 9.98. The Balaban J connectivity index is 1.22. The van der Waals surface area contributed by atoms with E-state index < -0.39 is 16.1 Å². The number of ether oxygens (including phenoxy) is 2. The topological polar surface area (TPSA) is 151 Å². The molecule has 0 bridgehead atoms. The first kappa shape index (κ1) is 36.5. The number of thioether (sulfide) groups is 1. The van der Waals surface area contributed by atoms with Crippen molar-refractivity contribution in [3.05, 3.63) is 93.7 Å². The molecule has 0 atom stereocenters. The second-order valence-electron chi connectivity index (χ2n) is 12.2. The number of hydrogen-bond acceptors (Lipinski definition) is 10. The number of aryl methyl sites for hydroxylation is 3. The summed E-state index contributed by atoms with van der Waals surface area (Å²) in [4.78, 5) is 14.0. The van der Waals surface area contributed by atoms with E-state index in [2.05, 4.69) is 16.3 Å². The maximum atomic E-state index is 13.1. The molecule has 0 unspecified atom stereocenters. The maximum Gasteiger partial charge on any atom is 0.354 e. The van der Waals surface area contributed by atoms with Crippen LogP contribution in [0.25, 0.3) is 32.8 Å². The molecule has 0 saturated heterocycles. The van der Waals surface area contributed by atoms with Gasteiger partial charge < -0.3 is 19.1 Å². The van der Waals surface area contributed by atoms with E-state index in [1.165, 1.54) is 7.11 Å². The summed E-state index contributed by atoms with van der Waals surface area (Å²) in [5.41, 5.74) is 6.42. The number of nitrogens with zero attached hydrogens (tertiary/aromatic N) is 4. The molecule has 2 N–H and O–H groups in total. The molecule has 0 aliphatic carbocycles. The van der Waals surface area contributed by atoms with Crippen molar-refractivity contribution < 1.29 is 32.0 Å². The number of aromatic nitrogens is 5. The highest BCUT2D eigenvalue weighted by atomic mass is 35.5. The Labute approximate surface area is 304 Å². The standard InChI is InChI=1S/C36H38ClN5O7S2/c1-21-32(33-29(37)13-12-28-27(11-8-14-49-51(5,45)46)35(36(44)47-4)41(2)34(28)33)30(40-42(21)3)19-48-18-23-16-24(39-38-23)20-50-25-15-22-9-6-7-10-26(22)31(43)17-25/h6-7,9-10,12-13,15-17,43H,8,11,14,18-20H2,1-5H3,(H,38,39). The van der Waals surface area contributed by atoms with E-state index in [1.807, 2.05) is 50.4 Å². The van der Waals surface area contributed by atoms with Gasteiger partial charge in [-0.3, -0.25) is 14.0 Å². The minimum Gasteiger partial charge on any atom is -0.507 e. The molecule has 3 aromatic heterocycles. The molecule has 12 nitrogen and oxygen atoms in total. The lowest BCUT2D eigenvalue weighted by Gasteiger charge is -2.12. The number of H-pyrrole nitrogens is 1. The van der Waals surface area contributed by atoms with Crippen molar-refractivity contribution in [2.75, 3.05) is 20.0 Å². The molecule has 268 valence electrons. The van der Waals surface area contributed by atoms with Crippen LogP contribution in [0.1, 0.15) is 45.2 Å². The number of aromatic hydroxyl groups is 1. The molecule has 0 spiro atoms. The zero-order valence-electron chi connectivity index (χ0n) is 28.8. The summed E-state index contributed by atoms with van der Waals surface area (Å²) in [6.07, 6.45) is 1.74. The number of esters is 1. The quantitative estimate of drug-likeness (QED) is 0.0525. The lowest BCUT2D eigenvalue weighted by molar-refractivity contribution is 0.0589. The molecule has 0 fully saturated rings. The summed E-state index contributed by atoms with van der Waals surface area (Å²) >= 11 is 8.53. The lowest BCUT2D eigenvalue weighted by Crippen LogP contribution is -2.11. The zero-order chi connectivity index (χ0) is 36.4. The number of carbonyl (C=O) groups is 1. The predicted octanol–water partition coefficient (Wildman–Crippen LogP) is 6.83. The minimum atomic E-state index is -3.60. The Bertz CT molecular complexity index is 2360. The highest BCUT2D eigenvalue weighted by Gasteiger charge is 2.28. The number of nitrogens with one attached hydrogen (secondary N) is 1. The second-order valence-corrected chi connectivity index (χ2v) is 15.3. The molecule has 6 aromatic rings. The Morgan fingerprint density at radius 3 is 2.61 bits per heavy atom. The van der Waals surface area contributed by atoms with Crippen LogP contribution in [0.4, 0.5) is 0 Å². The third-order valence-corrected chi connectivity index (χ3v) is 10.6. The monoisotopic (exact) mass is 751 g/mol. The van der Waals surface area contributed by atoms with E-state index >= 15 is 0 Å². The average molecular weight is 752 g/mol. The van der Waals surface area contributed by atoms with E-state index in [1.54, 1.807) is 40.2 Å². The van der Waals surface area contributed by atoms with Gasteiger partial charge in [0.2, 0.25) is 0 Å². The Morgan fingerprint density at radius 1 is 1.06 bits per heavy atom. The second kappa shape index (κ2) is 15.1. The number of phenolic OH excluding ortho intramolecular Hbond substituents is 1. The number of carbonyl (C=O) groups excluding carboxylic acids is 1. The van der Waals surface area contributed by atoms with Crippen molar-refractivity contribution in [2.24, 2.45) is 14.1 Å². The molecular weight excluding hydrogens is 714 g/mol. The van der Waals surface area contributed by atoms with Gasteiger partial charge in [-0.15, -0.1) is 11.8 Å². The van der Waals surface area contributed by atoms with Gasteiger partial charge in [0.05, 0.1) is 55.1 Å². The summed E-state index contributed by atoms with van der Waals surface area (Å²) in [5.74, 6) is 0.367. The van der Waals surface area contributed by atoms with Crippen molar-refractivity contribution in [2.45, 2.75) is 43.6 Å². The van der Waals surface area contributed by atoms with E-state index in [0.717, 1.165) is 50.0 Å². The first-order valence-electron chi connectivity index (χ1n) is 16.1. The Kier molecular flexibility index (Phi) is 10.8. The SMILES string of the molecule is COC(=O)c1c(CCCOS(C)(=O)=O)c2ccc(Cl)c(-c3c(COCc4cc(CSc5cc(O)c6ccccc6c5)[nH]n4)nn(C)c3C)c2n1C. The number of hydrogen-bond donors (Lipinski definition) is 2. The van der Waals surface area contributed by atoms with Gasteiger partial charge in [-0.2, -0.15) is 18.6 Å². The Hall–Kier alpha value is -4.34. The molecule has 6 rings (SSSR count). The van der Waals surface area contributed by atoms with Gasteiger partial charge in [0, 0.05) is 58.0 Å². The van der Waals surface area contributed by atoms with Crippen molar-refractivity contribution in [1.82, 2.24) is 24.5 Å². The summed E-state index contributed by atoms with van der Waals surface area (Å²) < 4.78 is 42.8. The fourth-order valence-corrected chi connectivity index (χ4v) is 7.87. The maximum absolute atomic E-state index is 13.1. The third kappa shape index (κ3) is 7.80. The van der Waals surface area contributed by atoms with E-state index in [9.17, 15) is 18.3 Å². The predicted molar refractivity (Wildman–Crippen MR) is 198 cm³/mol. The molecular formula is C36H38ClN5O7S2. The van der Waals surface area contributed by atoms with Gasteiger partial charge in [-0.25, -0.2) is 4.79 Å². The summed E-state index contributed by atoms with van der Waals surface area (Å²) in [7, 11) is 1.35. The number of fused-ring (bicyclic) bond motifs is 2. The molecule has 0 aliphatic heterocycles. The van der Waals surface area contributed by atoms with Gasteiger partial charge in [0.25, 0.3) is 10.1 Å².